The van der Waals surface area contributed by atoms with Crippen LogP contribution in [0.5, 0.6) is 0 Å². The summed E-state index contributed by atoms with van der Waals surface area (Å²) >= 11 is 1.68. The number of methoxy groups -OCH3 is 1. The first-order valence-corrected chi connectivity index (χ1v) is 9.58. The third-order valence-electron chi connectivity index (χ3n) is 4.48. The summed E-state index contributed by atoms with van der Waals surface area (Å²) in [6, 6.07) is 8.28. The van der Waals surface area contributed by atoms with E-state index in [0.717, 1.165) is 59.2 Å². The molecule has 0 spiro atoms. The first kappa shape index (κ1) is 16.6. The Labute approximate surface area is 150 Å². The second-order valence-corrected chi connectivity index (χ2v) is 7.20. The van der Waals surface area contributed by atoms with Crippen molar-refractivity contribution >= 4 is 22.7 Å². The number of H-pyrrole nitrogens is 1. The molecule has 6 nitrogen and oxygen atoms in total. The fraction of sp³-hybridized carbons (Fsp3) is 0.444. The predicted octanol–water partition coefficient (Wildman–Crippen LogP) is 3.34. The molecule has 3 heterocycles. The third-order valence-corrected chi connectivity index (χ3v) is 5.41. The van der Waals surface area contributed by atoms with Crippen LogP contribution in [0.15, 0.2) is 35.6 Å². The van der Waals surface area contributed by atoms with Gasteiger partial charge in [0.05, 0.1) is 19.3 Å². The summed E-state index contributed by atoms with van der Waals surface area (Å²) in [5, 5.41) is 11.0. The lowest BCUT2D eigenvalue weighted by Crippen LogP contribution is -2.16. The van der Waals surface area contributed by atoms with Crippen molar-refractivity contribution in [3.05, 3.63) is 30.5 Å². The van der Waals surface area contributed by atoms with Crippen LogP contribution in [0, 0.1) is 0 Å². The summed E-state index contributed by atoms with van der Waals surface area (Å²) in [7, 11) is 1.72. The quantitative estimate of drug-likeness (QED) is 0.518. The summed E-state index contributed by atoms with van der Waals surface area (Å²) in [6.45, 7) is 2.33. The Morgan fingerprint density at radius 1 is 1.36 bits per heavy atom. The van der Waals surface area contributed by atoms with Crippen LogP contribution in [-0.2, 0) is 16.0 Å². The molecule has 0 amide bonds. The average Bonchev–Trinajstić information content (AvgIpc) is 3.36. The largest absolute Gasteiger partial charge is 0.384 e. The lowest BCUT2D eigenvalue weighted by atomic mass is 10.1. The summed E-state index contributed by atoms with van der Waals surface area (Å²) in [5.41, 5.74) is 2.19. The standard InChI is InChI=1S/C18H22N4O2S/c1-23-9-10-25-18-21-20-17(22(18)12-13-5-4-8-24-13)15-11-19-16-7-3-2-6-14(15)16/h2-3,6-7,11,13,19H,4-5,8-10,12H2,1H3. The number of hydrogen-bond donors (Lipinski definition) is 1. The number of ether oxygens (including phenoxy) is 2. The van der Waals surface area contributed by atoms with E-state index in [-0.39, 0.29) is 6.10 Å². The van der Waals surface area contributed by atoms with Gasteiger partial charge in [0, 0.05) is 42.1 Å². The maximum atomic E-state index is 5.85. The van der Waals surface area contributed by atoms with Crippen molar-refractivity contribution in [2.75, 3.05) is 26.1 Å². The maximum absolute atomic E-state index is 5.85. The number of para-hydroxylation sites is 1. The molecule has 0 saturated carbocycles. The van der Waals surface area contributed by atoms with Gasteiger partial charge < -0.3 is 14.5 Å². The Morgan fingerprint density at radius 3 is 3.12 bits per heavy atom. The summed E-state index contributed by atoms with van der Waals surface area (Å²) < 4.78 is 13.2. The molecule has 4 rings (SSSR count). The number of fused-ring (bicyclic) bond motifs is 1. The molecular weight excluding hydrogens is 336 g/mol. The van der Waals surface area contributed by atoms with Gasteiger partial charge in [-0.1, -0.05) is 30.0 Å². The number of nitrogens with one attached hydrogen (secondary N) is 1. The van der Waals surface area contributed by atoms with Crippen molar-refractivity contribution in [2.24, 2.45) is 0 Å². The Morgan fingerprint density at radius 2 is 2.28 bits per heavy atom. The first-order chi connectivity index (χ1) is 12.4. The van der Waals surface area contributed by atoms with E-state index in [0.29, 0.717) is 6.61 Å². The van der Waals surface area contributed by atoms with E-state index >= 15 is 0 Å². The van der Waals surface area contributed by atoms with Crippen LogP contribution >= 0.6 is 11.8 Å². The molecule has 3 aromatic rings. The summed E-state index contributed by atoms with van der Waals surface area (Å²) in [4.78, 5) is 3.33. The van der Waals surface area contributed by atoms with Gasteiger partial charge >= 0.3 is 0 Å². The van der Waals surface area contributed by atoms with Crippen molar-refractivity contribution in [3.8, 4) is 11.4 Å². The summed E-state index contributed by atoms with van der Waals surface area (Å²) in [6.07, 6.45) is 4.47. The second-order valence-electron chi connectivity index (χ2n) is 6.14. The Bertz CT molecular complexity index is 839. The number of thioether (sulfide) groups is 1. The molecule has 1 aromatic carbocycles. The van der Waals surface area contributed by atoms with Crippen LogP contribution in [0.3, 0.4) is 0 Å². The van der Waals surface area contributed by atoms with Gasteiger partial charge in [0.15, 0.2) is 11.0 Å². The van der Waals surface area contributed by atoms with E-state index < -0.39 is 0 Å². The SMILES string of the molecule is COCCSc1nnc(-c2c[nH]c3ccccc23)n1CC1CCCO1. The zero-order valence-corrected chi connectivity index (χ0v) is 15.1. The van der Waals surface area contributed by atoms with Crippen LogP contribution in [0.2, 0.25) is 0 Å². The van der Waals surface area contributed by atoms with E-state index in [4.69, 9.17) is 9.47 Å². The normalized spacial score (nSPS) is 17.6. The monoisotopic (exact) mass is 358 g/mol. The molecule has 1 fully saturated rings. The molecule has 25 heavy (non-hydrogen) atoms. The number of nitrogens with zero attached hydrogens (tertiary/aromatic N) is 3. The smallest absolute Gasteiger partial charge is 0.191 e. The maximum Gasteiger partial charge on any atom is 0.191 e. The van der Waals surface area contributed by atoms with Gasteiger partial charge in [0.1, 0.15) is 0 Å². The molecule has 0 radical (unpaired) electrons. The second kappa shape index (κ2) is 7.59. The molecule has 7 heteroatoms. The third kappa shape index (κ3) is 3.44. The molecule has 1 unspecified atom stereocenters. The molecular formula is C18H22N4O2S. The number of hydrogen-bond acceptors (Lipinski definition) is 5. The van der Waals surface area contributed by atoms with Crippen molar-refractivity contribution in [1.29, 1.82) is 0 Å². The fourth-order valence-electron chi connectivity index (χ4n) is 3.22. The summed E-state index contributed by atoms with van der Waals surface area (Å²) in [5.74, 6) is 1.75. The van der Waals surface area contributed by atoms with Crippen LogP contribution in [-0.4, -0.2) is 51.9 Å². The Kier molecular flexibility index (Phi) is 5.05. The number of aromatic amines is 1. The molecule has 1 aliphatic rings. The van der Waals surface area contributed by atoms with Crippen LogP contribution in [0.4, 0.5) is 0 Å². The first-order valence-electron chi connectivity index (χ1n) is 8.60. The Balaban J connectivity index is 1.70. The van der Waals surface area contributed by atoms with E-state index in [9.17, 15) is 0 Å². The van der Waals surface area contributed by atoms with Gasteiger partial charge in [-0.05, 0) is 18.9 Å². The molecule has 2 aromatic heterocycles. The highest BCUT2D eigenvalue weighted by molar-refractivity contribution is 7.99. The zero-order valence-electron chi connectivity index (χ0n) is 14.3. The van der Waals surface area contributed by atoms with E-state index in [2.05, 4.69) is 37.9 Å². The minimum atomic E-state index is 0.238. The highest BCUT2D eigenvalue weighted by Gasteiger charge is 2.22. The molecule has 1 saturated heterocycles. The van der Waals surface area contributed by atoms with Gasteiger partial charge in [-0.2, -0.15) is 0 Å². The van der Waals surface area contributed by atoms with E-state index in [1.165, 1.54) is 0 Å². The van der Waals surface area contributed by atoms with E-state index in [1.54, 1.807) is 18.9 Å². The topological polar surface area (TPSA) is 65.0 Å². The lowest BCUT2D eigenvalue weighted by Gasteiger charge is -2.14. The van der Waals surface area contributed by atoms with Crippen molar-refractivity contribution < 1.29 is 9.47 Å². The highest BCUT2D eigenvalue weighted by atomic mass is 32.2. The lowest BCUT2D eigenvalue weighted by molar-refractivity contribution is 0.0953. The molecule has 1 aliphatic heterocycles. The minimum absolute atomic E-state index is 0.238. The van der Waals surface area contributed by atoms with Gasteiger partial charge in [-0.25, -0.2) is 0 Å². The molecule has 1 atom stereocenters. The van der Waals surface area contributed by atoms with Crippen molar-refractivity contribution in [2.45, 2.75) is 30.6 Å². The minimum Gasteiger partial charge on any atom is -0.384 e. The molecule has 0 aliphatic carbocycles. The van der Waals surface area contributed by atoms with Crippen LogP contribution in [0.25, 0.3) is 22.3 Å². The molecule has 1 N–H and O–H groups in total. The van der Waals surface area contributed by atoms with Gasteiger partial charge in [-0.3, -0.25) is 4.57 Å². The van der Waals surface area contributed by atoms with Gasteiger partial charge in [0.25, 0.3) is 0 Å². The molecule has 132 valence electrons. The molecule has 0 bridgehead atoms. The number of rotatable bonds is 7. The van der Waals surface area contributed by atoms with Crippen molar-refractivity contribution in [1.82, 2.24) is 19.7 Å². The van der Waals surface area contributed by atoms with Crippen molar-refractivity contribution in [3.63, 3.8) is 0 Å². The van der Waals surface area contributed by atoms with Gasteiger partial charge in [-0.15, -0.1) is 10.2 Å². The average molecular weight is 358 g/mol. The predicted molar refractivity (Wildman–Crippen MR) is 98.9 cm³/mol. The van der Waals surface area contributed by atoms with Gasteiger partial charge in [0.2, 0.25) is 0 Å². The number of benzene rings is 1. The van der Waals surface area contributed by atoms with Crippen LogP contribution < -0.4 is 0 Å². The highest BCUT2D eigenvalue weighted by Crippen LogP contribution is 2.31. The van der Waals surface area contributed by atoms with Crippen LogP contribution in [0.1, 0.15) is 12.8 Å². The zero-order chi connectivity index (χ0) is 17.1. The Hall–Kier alpha value is -1.83. The van der Waals surface area contributed by atoms with E-state index in [1.807, 2.05) is 12.3 Å². The fourth-order valence-corrected chi connectivity index (χ4v) is 4.07. The number of aromatic nitrogens is 4.